The summed E-state index contributed by atoms with van der Waals surface area (Å²) in [5, 5.41) is 11.0. The minimum Gasteiger partial charge on any atom is -0.380 e. The summed E-state index contributed by atoms with van der Waals surface area (Å²) in [7, 11) is 3.70. The van der Waals surface area contributed by atoms with E-state index >= 15 is 0 Å². The van der Waals surface area contributed by atoms with Crippen LogP contribution in [-0.4, -0.2) is 55.7 Å². The van der Waals surface area contributed by atoms with Crippen LogP contribution in [0.1, 0.15) is 30.9 Å². The van der Waals surface area contributed by atoms with E-state index in [1.165, 1.54) is 5.69 Å². The number of aromatic nitrogens is 5. The number of hydrogen-bond acceptors (Lipinski definition) is 5. The second-order valence-electron chi connectivity index (χ2n) is 5.93. The van der Waals surface area contributed by atoms with Gasteiger partial charge in [-0.05, 0) is 19.4 Å². The van der Waals surface area contributed by atoms with Crippen LogP contribution in [0.5, 0.6) is 0 Å². The van der Waals surface area contributed by atoms with Crippen LogP contribution in [-0.2, 0) is 24.8 Å². The Labute approximate surface area is 135 Å². The van der Waals surface area contributed by atoms with Gasteiger partial charge in [-0.1, -0.05) is 0 Å². The monoisotopic (exact) mass is 320 g/mol. The van der Waals surface area contributed by atoms with Gasteiger partial charge >= 0.3 is 5.69 Å². The molecule has 0 aromatic carbocycles. The molecular formula is C15H24N6O2. The van der Waals surface area contributed by atoms with Gasteiger partial charge < -0.3 is 4.74 Å². The van der Waals surface area contributed by atoms with E-state index in [2.05, 4.69) is 20.2 Å². The van der Waals surface area contributed by atoms with Gasteiger partial charge in [-0.15, -0.1) is 0 Å². The second kappa shape index (κ2) is 6.67. The molecule has 0 bridgehead atoms. The first-order valence-corrected chi connectivity index (χ1v) is 8.02. The maximum atomic E-state index is 11.9. The Morgan fingerprint density at radius 3 is 2.96 bits per heavy atom. The number of hydrogen-bond donors (Lipinski definition) is 1. The van der Waals surface area contributed by atoms with E-state index in [1.54, 1.807) is 11.7 Å². The molecule has 0 saturated carbocycles. The number of ether oxygens (including phenoxy) is 1. The zero-order valence-corrected chi connectivity index (χ0v) is 13.9. The fourth-order valence-corrected chi connectivity index (χ4v) is 3.34. The molecule has 0 spiro atoms. The third-order valence-corrected chi connectivity index (χ3v) is 4.68. The number of nitrogens with one attached hydrogen (secondary N) is 1. The second-order valence-corrected chi connectivity index (χ2v) is 5.93. The molecule has 1 aliphatic rings. The van der Waals surface area contributed by atoms with Crippen molar-refractivity contribution in [1.29, 1.82) is 0 Å². The third kappa shape index (κ3) is 3.09. The van der Waals surface area contributed by atoms with Gasteiger partial charge in [0.2, 0.25) is 0 Å². The summed E-state index contributed by atoms with van der Waals surface area (Å²) in [5.74, 6) is 0.807. The third-order valence-electron chi connectivity index (χ3n) is 4.68. The van der Waals surface area contributed by atoms with E-state index in [9.17, 15) is 4.79 Å². The molecule has 2 atom stereocenters. The molecule has 3 rings (SSSR count). The Bertz CT molecular complexity index is 703. The molecule has 2 aromatic rings. The number of H-pyrrole nitrogens is 1. The molecule has 1 N–H and O–H groups in total. The first kappa shape index (κ1) is 15.9. The summed E-state index contributed by atoms with van der Waals surface area (Å²) in [5.41, 5.74) is 1.05. The van der Waals surface area contributed by atoms with Crippen LogP contribution >= 0.6 is 0 Å². The summed E-state index contributed by atoms with van der Waals surface area (Å²) >= 11 is 0. The highest BCUT2D eigenvalue weighted by atomic mass is 16.5. The lowest BCUT2D eigenvalue weighted by Gasteiger charge is -2.23. The largest absolute Gasteiger partial charge is 0.380 e. The molecule has 3 heterocycles. The molecule has 0 aliphatic carbocycles. The van der Waals surface area contributed by atoms with Crippen LogP contribution in [0, 0.1) is 0 Å². The van der Waals surface area contributed by atoms with Crippen molar-refractivity contribution in [1.82, 2.24) is 29.4 Å². The fraction of sp³-hybridized carbons (Fsp3) is 0.667. The zero-order valence-electron chi connectivity index (χ0n) is 13.9. The summed E-state index contributed by atoms with van der Waals surface area (Å²) in [6, 6.07) is 2.14. The van der Waals surface area contributed by atoms with Gasteiger partial charge in [0.25, 0.3) is 0 Å². The maximum absolute atomic E-state index is 11.9. The minimum absolute atomic E-state index is 0.104. The quantitative estimate of drug-likeness (QED) is 0.829. The van der Waals surface area contributed by atoms with Crippen LogP contribution in [0.4, 0.5) is 0 Å². The summed E-state index contributed by atoms with van der Waals surface area (Å²) in [6.07, 6.45) is 3.75. The fourth-order valence-electron chi connectivity index (χ4n) is 3.34. The van der Waals surface area contributed by atoms with Gasteiger partial charge in [0, 0.05) is 52.1 Å². The van der Waals surface area contributed by atoms with E-state index in [1.807, 2.05) is 30.9 Å². The van der Waals surface area contributed by atoms with Crippen molar-refractivity contribution in [3.05, 3.63) is 34.3 Å². The Kier molecular flexibility index (Phi) is 4.63. The number of methoxy groups -OCH3 is 1. The summed E-state index contributed by atoms with van der Waals surface area (Å²) in [6.45, 7) is 4.32. The van der Waals surface area contributed by atoms with Crippen molar-refractivity contribution in [2.75, 3.05) is 20.2 Å². The molecule has 1 saturated heterocycles. The van der Waals surface area contributed by atoms with E-state index in [0.29, 0.717) is 6.54 Å². The first-order valence-electron chi connectivity index (χ1n) is 8.02. The Hall–Kier alpha value is -1.93. The normalized spacial score (nSPS) is 22.0. The number of rotatable bonds is 6. The highest BCUT2D eigenvalue weighted by Crippen LogP contribution is 2.31. The van der Waals surface area contributed by atoms with Crippen molar-refractivity contribution < 1.29 is 4.74 Å². The van der Waals surface area contributed by atoms with Gasteiger partial charge in [-0.3, -0.25) is 14.1 Å². The molecule has 0 radical (unpaired) electrons. The lowest BCUT2D eigenvalue weighted by Crippen LogP contribution is -2.30. The van der Waals surface area contributed by atoms with Crippen molar-refractivity contribution in [2.45, 2.75) is 38.5 Å². The van der Waals surface area contributed by atoms with Crippen LogP contribution in [0.3, 0.4) is 0 Å². The van der Waals surface area contributed by atoms with Crippen LogP contribution in [0.25, 0.3) is 0 Å². The molecule has 1 fully saturated rings. The number of aromatic amines is 1. The summed E-state index contributed by atoms with van der Waals surface area (Å²) < 4.78 is 9.16. The van der Waals surface area contributed by atoms with Gasteiger partial charge in [0.1, 0.15) is 0 Å². The molecule has 8 heteroatoms. The molecule has 8 nitrogen and oxygen atoms in total. The smallest absolute Gasteiger partial charge is 0.343 e. The Balaban J connectivity index is 1.78. The molecule has 0 unspecified atom stereocenters. The molecule has 1 aliphatic heterocycles. The lowest BCUT2D eigenvalue weighted by atomic mass is 10.1. The minimum atomic E-state index is -0.144. The maximum Gasteiger partial charge on any atom is 0.343 e. The number of aryl methyl sites for hydroxylation is 1. The highest BCUT2D eigenvalue weighted by molar-refractivity contribution is 5.05. The average Bonchev–Trinajstić information content (AvgIpc) is 3.23. The topological polar surface area (TPSA) is 81.0 Å². The van der Waals surface area contributed by atoms with E-state index in [-0.39, 0.29) is 17.8 Å². The van der Waals surface area contributed by atoms with Gasteiger partial charge in [0.05, 0.1) is 12.1 Å². The van der Waals surface area contributed by atoms with Crippen LogP contribution in [0.2, 0.25) is 0 Å². The summed E-state index contributed by atoms with van der Waals surface area (Å²) in [4.78, 5) is 14.2. The first-order chi connectivity index (χ1) is 11.1. The van der Waals surface area contributed by atoms with Crippen molar-refractivity contribution in [3.63, 3.8) is 0 Å². The van der Waals surface area contributed by atoms with Crippen molar-refractivity contribution in [3.8, 4) is 0 Å². The van der Waals surface area contributed by atoms with Crippen molar-refractivity contribution >= 4 is 0 Å². The predicted molar refractivity (Wildman–Crippen MR) is 85.2 cm³/mol. The lowest BCUT2D eigenvalue weighted by molar-refractivity contribution is 0.108. The number of nitrogens with zero attached hydrogens (tertiary/aromatic N) is 5. The Morgan fingerprint density at radius 1 is 1.48 bits per heavy atom. The molecule has 126 valence electrons. The van der Waals surface area contributed by atoms with Crippen LogP contribution < -0.4 is 5.69 Å². The molecule has 0 amide bonds. The van der Waals surface area contributed by atoms with E-state index in [0.717, 1.165) is 31.8 Å². The molecule has 2 aromatic heterocycles. The van der Waals surface area contributed by atoms with Gasteiger partial charge in [0.15, 0.2) is 5.82 Å². The predicted octanol–water partition coefficient (Wildman–Crippen LogP) is 0.329. The van der Waals surface area contributed by atoms with Gasteiger partial charge in [-0.2, -0.15) is 10.2 Å². The van der Waals surface area contributed by atoms with Crippen molar-refractivity contribution in [2.24, 2.45) is 7.05 Å². The Morgan fingerprint density at radius 2 is 2.30 bits per heavy atom. The van der Waals surface area contributed by atoms with Gasteiger partial charge in [-0.25, -0.2) is 9.89 Å². The highest BCUT2D eigenvalue weighted by Gasteiger charge is 2.36. The number of likely N-dealkylation sites (tertiary alicyclic amines) is 1. The molecular weight excluding hydrogens is 296 g/mol. The molecule has 23 heavy (non-hydrogen) atoms. The van der Waals surface area contributed by atoms with Crippen LogP contribution in [0.15, 0.2) is 17.1 Å². The average molecular weight is 320 g/mol. The van der Waals surface area contributed by atoms with E-state index in [4.69, 9.17) is 4.74 Å². The standard InChI is InChI=1S/C15H24N6O2/c1-4-21-14(17-18-15(21)22)13-9-12(23-3)10-20(13)8-6-11-5-7-16-19(11)2/h5,7,12-13H,4,6,8-10H2,1-3H3,(H,18,22)/t12-,13-/m0/s1. The zero-order chi connectivity index (χ0) is 16.4. The van der Waals surface area contributed by atoms with E-state index < -0.39 is 0 Å². The SMILES string of the molecule is CCn1c([C@@H]2C[C@H](OC)CN2CCc2ccnn2C)n[nH]c1=O.